The molecule has 4 heteroatoms. The van der Waals surface area contributed by atoms with Crippen LogP contribution in [0, 0.1) is 0 Å². The van der Waals surface area contributed by atoms with Crippen molar-refractivity contribution < 1.29 is 9.90 Å². The third-order valence-electron chi connectivity index (χ3n) is 2.11. The molecule has 1 aromatic carbocycles. The van der Waals surface area contributed by atoms with E-state index < -0.39 is 0 Å². The van der Waals surface area contributed by atoms with Crippen LogP contribution in [0.3, 0.4) is 0 Å². The van der Waals surface area contributed by atoms with E-state index in [-0.39, 0.29) is 12.5 Å². The molecule has 0 radical (unpaired) electrons. The minimum Gasteiger partial charge on any atom is -0.392 e. The van der Waals surface area contributed by atoms with E-state index in [1.165, 1.54) is 0 Å². The zero-order valence-electron chi connectivity index (χ0n) is 8.82. The van der Waals surface area contributed by atoms with Crippen molar-refractivity contribution in [3.05, 3.63) is 35.4 Å². The summed E-state index contributed by atoms with van der Waals surface area (Å²) in [5, 5.41) is 11.6. The summed E-state index contributed by atoms with van der Waals surface area (Å²) in [5.41, 5.74) is 1.70. The Bertz CT molecular complexity index is 386. The van der Waals surface area contributed by atoms with Crippen LogP contribution in [0.5, 0.6) is 0 Å². The largest absolute Gasteiger partial charge is 0.392 e. The van der Waals surface area contributed by atoms with Crippen LogP contribution in [0.25, 0.3) is 0 Å². The Morgan fingerprint density at radius 3 is 2.67 bits per heavy atom. The van der Waals surface area contributed by atoms with Crippen molar-refractivity contribution in [1.82, 2.24) is 5.32 Å². The SMILES string of the molecule is CN=C(C(=O)NC)c1ccccc1CO. The van der Waals surface area contributed by atoms with Crippen LogP contribution in [-0.4, -0.2) is 30.8 Å². The highest BCUT2D eigenvalue weighted by Crippen LogP contribution is 2.10. The maximum atomic E-state index is 11.5. The lowest BCUT2D eigenvalue weighted by Crippen LogP contribution is -2.29. The standard InChI is InChI=1S/C11H14N2O2/c1-12-10(11(15)13-2)9-6-4-3-5-8(9)7-14/h3-6,14H,7H2,1-2H3,(H,13,15). The number of likely N-dealkylation sites (N-methyl/N-ethyl adjacent to an activating group) is 1. The van der Waals surface area contributed by atoms with Crippen LogP contribution in [0.4, 0.5) is 0 Å². The summed E-state index contributed by atoms with van der Waals surface area (Å²) in [7, 11) is 3.10. The molecule has 1 aromatic rings. The van der Waals surface area contributed by atoms with Gasteiger partial charge in [0.25, 0.3) is 5.91 Å². The fourth-order valence-corrected chi connectivity index (χ4v) is 1.35. The predicted molar refractivity (Wildman–Crippen MR) is 58.9 cm³/mol. The van der Waals surface area contributed by atoms with Crippen LogP contribution in [0.1, 0.15) is 11.1 Å². The number of hydrogen-bond acceptors (Lipinski definition) is 3. The Balaban J connectivity index is 3.18. The summed E-state index contributed by atoms with van der Waals surface area (Å²) in [6.07, 6.45) is 0. The molecule has 0 atom stereocenters. The lowest BCUT2D eigenvalue weighted by molar-refractivity contribution is -0.114. The molecule has 0 aromatic heterocycles. The van der Waals surface area contributed by atoms with Crippen LogP contribution in [0.2, 0.25) is 0 Å². The predicted octanol–water partition coefficient (Wildman–Crippen LogP) is 0.344. The normalized spacial score (nSPS) is 11.3. The van der Waals surface area contributed by atoms with E-state index in [1.807, 2.05) is 12.1 Å². The van der Waals surface area contributed by atoms with Crippen molar-refractivity contribution in [2.24, 2.45) is 4.99 Å². The number of nitrogens with zero attached hydrogens (tertiary/aromatic N) is 1. The summed E-state index contributed by atoms with van der Waals surface area (Å²) in [6.45, 7) is -0.105. The van der Waals surface area contributed by atoms with Crippen molar-refractivity contribution in [3.63, 3.8) is 0 Å². The number of aliphatic imine (C=N–C) groups is 1. The van der Waals surface area contributed by atoms with Crippen molar-refractivity contribution in [1.29, 1.82) is 0 Å². The van der Waals surface area contributed by atoms with Gasteiger partial charge in [0.2, 0.25) is 0 Å². The van der Waals surface area contributed by atoms with E-state index in [0.29, 0.717) is 16.8 Å². The maximum Gasteiger partial charge on any atom is 0.269 e. The number of rotatable bonds is 3. The number of hydrogen-bond donors (Lipinski definition) is 2. The zero-order chi connectivity index (χ0) is 11.3. The smallest absolute Gasteiger partial charge is 0.269 e. The number of aliphatic hydroxyl groups is 1. The average Bonchev–Trinajstić information content (AvgIpc) is 2.30. The number of benzene rings is 1. The number of carbonyl (C=O) groups is 1. The highest BCUT2D eigenvalue weighted by molar-refractivity contribution is 6.45. The summed E-state index contributed by atoms with van der Waals surface area (Å²) in [6, 6.07) is 7.15. The first-order valence-corrected chi connectivity index (χ1v) is 4.62. The van der Waals surface area contributed by atoms with Crippen molar-refractivity contribution in [2.45, 2.75) is 6.61 Å². The molecule has 4 nitrogen and oxygen atoms in total. The molecule has 0 saturated carbocycles. The third kappa shape index (κ3) is 2.41. The molecule has 0 fully saturated rings. The molecule has 0 saturated heterocycles. The van der Waals surface area contributed by atoms with Gasteiger partial charge in [-0.2, -0.15) is 0 Å². The second-order valence-electron chi connectivity index (χ2n) is 2.97. The van der Waals surface area contributed by atoms with Crippen LogP contribution in [0.15, 0.2) is 29.3 Å². The Labute approximate surface area is 88.7 Å². The van der Waals surface area contributed by atoms with Gasteiger partial charge in [-0.05, 0) is 5.56 Å². The molecule has 1 rings (SSSR count). The molecule has 1 amide bonds. The van der Waals surface area contributed by atoms with Gasteiger partial charge in [0.1, 0.15) is 5.71 Å². The van der Waals surface area contributed by atoms with Gasteiger partial charge in [-0.25, -0.2) is 0 Å². The van der Waals surface area contributed by atoms with Crippen LogP contribution >= 0.6 is 0 Å². The van der Waals surface area contributed by atoms with Gasteiger partial charge in [-0.15, -0.1) is 0 Å². The fourth-order valence-electron chi connectivity index (χ4n) is 1.35. The second-order valence-corrected chi connectivity index (χ2v) is 2.97. The van der Waals surface area contributed by atoms with Gasteiger partial charge in [0.15, 0.2) is 0 Å². The van der Waals surface area contributed by atoms with E-state index in [4.69, 9.17) is 5.11 Å². The Morgan fingerprint density at radius 1 is 1.47 bits per heavy atom. The van der Waals surface area contributed by atoms with E-state index in [0.717, 1.165) is 0 Å². The van der Waals surface area contributed by atoms with E-state index >= 15 is 0 Å². The summed E-state index contributed by atoms with van der Waals surface area (Å²) < 4.78 is 0. The molecule has 0 spiro atoms. The molecule has 0 bridgehead atoms. The molecule has 0 unspecified atom stereocenters. The topological polar surface area (TPSA) is 61.7 Å². The van der Waals surface area contributed by atoms with Gasteiger partial charge < -0.3 is 10.4 Å². The summed E-state index contributed by atoms with van der Waals surface area (Å²) in [5.74, 6) is -0.251. The minimum absolute atomic E-state index is 0.105. The third-order valence-corrected chi connectivity index (χ3v) is 2.11. The van der Waals surface area contributed by atoms with E-state index in [9.17, 15) is 4.79 Å². The first kappa shape index (κ1) is 11.4. The quantitative estimate of drug-likeness (QED) is 0.701. The van der Waals surface area contributed by atoms with E-state index in [2.05, 4.69) is 10.3 Å². The van der Waals surface area contributed by atoms with Gasteiger partial charge in [-0.1, -0.05) is 24.3 Å². The lowest BCUT2D eigenvalue weighted by Gasteiger charge is -2.08. The highest BCUT2D eigenvalue weighted by atomic mass is 16.3. The molecule has 80 valence electrons. The summed E-state index contributed by atoms with van der Waals surface area (Å²) >= 11 is 0. The molecule has 0 aliphatic rings. The summed E-state index contributed by atoms with van der Waals surface area (Å²) in [4.78, 5) is 15.4. The maximum absolute atomic E-state index is 11.5. The molecule has 2 N–H and O–H groups in total. The number of carbonyl (C=O) groups excluding carboxylic acids is 1. The second kappa shape index (κ2) is 5.26. The lowest BCUT2D eigenvalue weighted by atomic mass is 10.0. The first-order chi connectivity index (χ1) is 7.24. The zero-order valence-corrected chi connectivity index (χ0v) is 8.82. The van der Waals surface area contributed by atoms with Gasteiger partial charge in [0.05, 0.1) is 6.61 Å². The highest BCUT2D eigenvalue weighted by Gasteiger charge is 2.14. The molecule has 0 heterocycles. The van der Waals surface area contributed by atoms with E-state index in [1.54, 1.807) is 26.2 Å². The number of amides is 1. The van der Waals surface area contributed by atoms with Crippen molar-refractivity contribution >= 4 is 11.6 Å². The Hall–Kier alpha value is -1.68. The monoisotopic (exact) mass is 206 g/mol. The molecular weight excluding hydrogens is 192 g/mol. The fraction of sp³-hybridized carbons (Fsp3) is 0.273. The molecular formula is C11H14N2O2. The van der Waals surface area contributed by atoms with Gasteiger partial charge >= 0.3 is 0 Å². The molecule has 0 aliphatic carbocycles. The molecule has 15 heavy (non-hydrogen) atoms. The molecule has 0 aliphatic heterocycles. The van der Waals surface area contributed by atoms with Gasteiger partial charge in [-0.3, -0.25) is 9.79 Å². The Morgan fingerprint density at radius 2 is 2.13 bits per heavy atom. The average molecular weight is 206 g/mol. The number of aliphatic hydroxyl groups excluding tert-OH is 1. The van der Waals surface area contributed by atoms with Crippen molar-refractivity contribution in [3.8, 4) is 0 Å². The Kier molecular flexibility index (Phi) is 4.00. The number of nitrogens with one attached hydrogen (secondary N) is 1. The van der Waals surface area contributed by atoms with Crippen LogP contribution in [-0.2, 0) is 11.4 Å². The van der Waals surface area contributed by atoms with Crippen LogP contribution < -0.4 is 5.32 Å². The minimum atomic E-state index is -0.251. The van der Waals surface area contributed by atoms with Crippen molar-refractivity contribution in [2.75, 3.05) is 14.1 Å². The first-order valence-electron chi connectivity index (χ1n) is 4.62. The van der Waals surface area contributed by atoms with Gasteiger partial charge in [0, 0.05) is 19.7 Å².